The number of nitrogens with one attached hydrogen (secondary N) is 1. The number of nitrogens with zero attached hydrogens (tertiary/aromatic N) is 1. The molecule has 1 heterocycles. The average molecular weight is 289 g/mol. The van der Waals surface area contributed by atoms with Gasteiger partial charge in [-0.05, 0) is 18.2 Å². The summed E-state index contributed by atoms with van der Waals surface area (Å²) in [6, 6.07) is 3.94. The van der Waals surface area contributed by atoms with Crippen LogP contribution in [-0.4, -0.2) is 55.4 Å². The molecule has 1 aliphatic heterocycles. The molecule has 1 aromatic carbocycles. The molecule has 1 unspecified atom stereocenters. The molecule has 1 saturated heterocycles. The van der Waals surface area contributed by atoms with E-state index in [9.17, 15) is 9.50 Å². The van der Waals surface area contributed by atoms with Gasteiger partial charge in [0.25, 0.3) is 0 Å². The standard InChI is InChI=1S/C13H18ClFN2O2/c14-12-7-10(15)1-2-13(12)19-9-11(18)8-17-5-3-16-4-6-17/h1-2,7,11,16,18H,3-6,8-9H2. The third-order valence-corrected chi connectivity index (χ3v) is 3.30. The van der Waals surface area contributed by atoms with E-state index in [2.05, 4.69) is 10.2 Å². The highest BCUT2D eigenvalue weighted by atomic mass is 35.5. The summed E-state index contributed by atoms with van der Waals surface area (Å²) in [5.74, 6) is -0.0128. The number of hydrogen-bond donors (Lipinski definition) is 2. The van der Waals surface area contributed by atoms with E-state index in [0.29, 0.717) is 12.3 Å². The third-order valence-electron chi connectivity index (χ3n) is 3.00. The molecule has 6 heteroatoms. The van der Waals surface area contributed by atoms with Crippen molar-refractivity contribution >= 4 is 11.6 Å². The normalized spacial score (nSPS) is 18.3. The van der Waals surface area contributed by atoms with Gasteiger partial charge in [0.2, 0.25) is 0 Å². The number of hydrogen-bond acceptors (Lipinski definition) is 4. The molecule has 0 amide bonds. The Hall–Kier alpha value is -0.880. The molecule has 0 radical (unpaired) electrons. The highest BCUT2D eigenvalue weighted by molar-refractivity contribution is 6.32. The number of halogens is 2. The minimum atomic E-state index is -0.584. The molecule has 0 aromatic heterocycles. The van der Waals surface area contributed by atoms with E-state index < -0.39 is 11.9 Å². The summed E-state index contributed by atoms with van der Waals surface area (Å²) < 4.78 is 18.3. The lowest BCUT2D eigenvalue weighted by molar-refractivity contribution is 0.0641. The highest BCUT2D eigenvalue weighted by Crippen LogP contribution is 2.24. The first-order valence-electron chi connectivity index (χ1n) is 6.34. The predicted molar refractivity (Wildman–Crippen MR) is 72.2 cm³/mol. The molecule has 2 N–H and O–H groups in total. The zero-order valence-electron chi connectivity index (χ0n) is 10.6. The maximum Gasteiger partial charge on any atom is 0.138 e. The van der Waals surface area contributed by atoms with Crippen LogP contribution in [0.25, 0.3) is 0 Å². The maximum atomic E-state index is 12.9. The monoisotopic (exact) mass is 288 g/mol. The molecular formula is C13H18ClFN2O2. The minimum absolute atomic E-state index is 0.148. The van der Waals surface area contributed by atoms with E-state index in [-0.39, 0.29) is 11.6 Å². The first-order valence-corrected chi connectivity index (χ1v) is 6.72. The zero-order chi connectivity index (χ0) is 13.7. The number of aliphatic hydroxyl groups excluding tert-OH is 1. The molecule has 0 bridgehead atoms. The van der Waals surface area contributed by atoms with Crippen LogP contribution in [-0.2, 0) is 0 Å². The van der Waals surface area contributed by atoms with Crippen molar-refractivity contribution in [3.63, 3.8) is 0 Å². The average Bonchev–Trinajstić information content (AvgIpc) is 2.39. The van der Waals surface area contributed by atoms with Crippen LogP contribution >= 0.6 is 11.6 Å². The molecule has 1 atom stereocenters. The lowest BCUT2D eigenvalue weighted by Gasteiger charge is -2.29. The minimum Gasteiger partial charge on any atom is -0.489 e. The Bertz CT molecular complexity index is 414. The van der Waals surface area contributed by atoms with Crippen molar-refractivity contribution < 1.29 is 14.2 Å². The number of β-amino-alcohol motifs (C(OH)–C–C–N with tert-alkyl or cyclic N) is 1. The second-order valence-electron chi connectivity index (χ2n) is 4.59. The third kappa shape index (κ3) is 4.62. The quantitative estimate of drug-likeness (QED) is 0.852. The van der Waals surface area contributed by atoms with Gasteiger partial charge >= 0.3 is 0 Å². The number of aliphatic hydroxyl groups is 1. The molecule has 0 aliphatic carbocycles. The Morgan fingerprint density at radius 2 is 2.16 bits per heavy atom. The van der Waals surface area contributed by atoms with Gasteiger partial charge in [0.15, 0.2) is 0 Å². The Labute approximate surface area is 117 Å². The second-order valence-corrected chi connectivity index (χ2v) is 5.00. The van der Waals surface area contributed by atoms with Crippen LogP contribution in [0.1, 0.15) is 0 Å². The lowest BCUT2D eigenvalue weighted by atomic mass is 10.3. The van der Waals surface area contributed by atoms with Crippen LogP contribution in [0.2, 0.25) is 5.02 Å². The van der Waals surface area contributed by atoms with E-state index in [1.54, 1.807) is 0 Å². The number of benzene rings is 1. The lowest BCUT2D eigenvalue weighted by Crippen LogP contribution is -2.47. The smallest absolute Gasteiger partial charge is 0.138 e. The molecule has 106 valence electrons. The van der Waals surface area contributed by atoms with Crippen LogP contribution in [0, 0.1) is 5.82 Å². The van der Waals surface area contributed by atoms with Crippen molar-refractivity contribution in [1.29, 1.82) is 0 Å². The van der Waals surface area contributed by atoms with E-state index in [4.69, 9.17) is 16.3 Å². The summed E-state index contributed by atoms with van der Waals surface area (Å²) in [5, 5.41) is 13.4. The summed E-state index contributed by atoms with van der Waals surface area (Å²) in [5.41, 5.74) is 0. The van der Waals surface area contributed by atoms with Gasteiger partial charge in [0.1, 0.15) is 24.3 Å². The zero-order valence-corrected chi connectivity index (χ0v) is 11.4. The fourth-order valence-electron chi connectivity index (χ4n) is 2.02. The Morgan fingerprint density at radius 3 is 2.84 bits per heavy atom. The van der Waals surface area contributed by atoms with Crippen molar-refractivity contribution in [3.8, 4) is 5.75 Å². The van der Waals surface area contributed by atoms with Crippen molar-refractivity contribution in [2.75, 3.05) is 39.3 Å². The molecule has 2 rings (SSSR count). The maximum absolute atomic E-state index is 12.9. The van der Waals surface area contributed by atoms with E-state index in [0.717, 1.165) is 26.2 Å². The Morgan fingerprint density at radius 1 is 1.42 bits per heavy atom. The van der Waals surface area contributed by atoms with Crippen molar-refractivity contribution in [1.82, 2.24) is 10.2 Å². The van der Waals surface area contributed by atoms with Crippen molar-refractivity contribution in [2.24, 2.45) is 0 Å². The largest absolute Gasteiger partial charge is 0.489 e. The van der Waals surface area contributed by atoms with Crippen molar-refractivity contribution in [3.05, 3.63) is 29.0 Å². The number of piperazine rings is 1. The van der Waals surface area contributed by atoms with Gasteiger partial charge in [-0.25, -0.2) is 4.39 Å². The molecule has 1 aliphatic rings. The van der Waals surface area contributed by atoms with Gasteiger partial charge in [-0.3, -0.25) is 4.90 Å². The number of ether oxygens (including phenoxy) is 1. The van der Waals surface area contributed by atoms with Crippen LogP contribution in [0.3, 0.4) is 0 Å². The first-order chi connectivity index (χ1) is 9.15. The molecule has 1 fully saturated rings. The van der Waals surface area contributed by atoms with E-state index in [1.807, 2.05) is 0 Å². The summed E-state index contributed by atoms with van der Waals surface area (Å²) in [4.78, 5) is 2.18. The Kier molecular flexibility index (Phi) is 5.39. The molecule has 0 spiro atoms. The molecule has 0 saturated carbocycles. The molecule has 1 aromatic rings. The van der Waals surface area contributed by atoms with Gasteiger partial charge < -0.3 is 15.2 Å². The summed E-state index contributed by atoms with van der Waals surface area (Å²) in [6.45, 7) is 4.45. The summed E-state index contributed by atoms with van der Waals surface area (Å²) in [7, 11) is 0. The first kappa shape index (κ1) is 14.5. The van der Waals surface area contributed by atoms with Crippen LogP contribution in [0.4, 0.5) is 4.39 Å². The van der Waals surface area contributed by atoms with Gasteiger partial charge in [-0.15, -0.1) is 0 Å². The molecular weight excluding hydrogens is 271 g/mol. The number of rotatable bonds is 5. The van der Waals surface area contributed by atoms with Crippen LogP contribution < -0.4 is 10.1 Å². The Balaban J connectivity index is 1.77. The highest BCUT2D eigenvalue weighted by Gasteiger charge is 2.15. The van der Waals surface area contributed by atoms with E-state index >= 15 is 0 Å². The topological polar surface area (TPSA) is 44.7 Å². The summed E-state index contributed by atoms with van der Waals surface area (Å²) in [6.07, 6.45) is -0.584. The van der Waals surface area contributed by atoms with Gasteiger partial charge in [0, 0.05) is 32.7 Å². The molecule has 19 heavy (non-hydrogen) atoms. The fraction of sp³-hybridized carbons (Fsp3) is 0.538. The van der Waals surface area contributed by atoms with Crippen molar-refractivity contribution in [2.45, 2.75) is 6.10 Å². The van der Waals surface area contributed by atoms with Gasteiger partial charge in [-0.2, -0.15) is 0 Å². The molecule has 4 nitrogen and oxygen atoms in total. The van der Waals surface area contributed by atoms with E-state index in [1.165, 1.54) is 18.2 Å². The summed E-state index contributed by atoms with van der Waals surface area (Å²) >= 11 is 5.84. The van der Waals surface area contributed by atoms with Gasteiger partial charge in [0.05, 0.1) is 5.02 Å². The van der Waals surface area contributed by atoms with Crippen LogP contribution in [0.5, 0.6) is 5.75 Å². The SMILES string of the molecule is OC(COc1ccc(F)cc1Cl)CN1CCNCC1. The fourth-order valence-corrected chi connectivity index (χ4v) is 2.24. The van der Waals surface area contributed by atoms with Gasteiger partial charge in [-0.1, -0.05) is 11.6 Å². The second kappa shape index (κ2) is 7.05. The van der Waals surface area contributed by atoms with Crippen LogP contribution in [0.15, 0.2) is 18.2 Å². The predicted octanol–water partition coefficient (Wildman–Crippen LogP) is 1.12.